The van der Waals surface area contributed by atoms with Crippen molar-refractivity contribution in [2.24, 2.45) is 11.7 Å². The molecule has 0 aromatic carbocycles. The first kappa shape index (κ1) is 13.2. The molecule has 2 aromatic rings. The lowest BCUT2D eigenvalue weighted by Gasteiger charge is -2.09. The minimum Gasteiger partial charge on any atom is -0.334 e. The van der Waals surface area contributed by atoms with Gasteiger partial charge in [-0.25, -0.2) is 0 Å². The van der Waals surface area contributed by atoms with Gasteiger partial charge < -0.3 is 10.3 Å². The molecule has 0 spiro atoms. The van der Waals surface area contributed by atoms with Crippen LogP contribution in [0.3, 0.4) is 0 Å². The standard InChI is InChI=1S/C10H11Br2N3OS/c1-4(2)7(13)9-14-10(16-15-9)5-3-6(11)17-8(5)12/h3-4,7H,13H2,1-2H3. The second kappa shape index (κ2) is 5.17. The molecule has 92 valence electrons. The molecule has 1 atom stereocenters. The molecule has 0 aliphatic rings. The number of hydrogen-bond acceptors (Lipinski definition) is 5. The topological polar surface area (TPSA) is 64.9 Å². The fourth-order valence-electron chi connectivity index (χ4n) is 1.26. The molecule has 0 saturated carbocycles. The van der Waals surface area contributed by atoms with Crippen LogP contribution in [0.4, 0.5) is 0 Å². The maximum Gasteiger partial charge on any atom is 0.260 e. The highest BCUT2D eigenvalue weighted by atomic mass is 79.9. The van der Waals surface area contributed by atoms with Crippen LogP contribution in [0.15, 0.2) is 18.2 Å². The summed E-state index contributed by atoms with van der Waals surface area (Å²) in [5.41, 5.74) is 6.85. The summed E-state index contributed by atoms with van der Waals surface area (Å²) in [6.45, 7) is 4.05. The number of halogens is 2. The Balaban J connectivity index is 2.33. The first-order chi connectivity index (χ1) is 7.99. The largest absolute Gasteiger partial charge is 0.334 e. The average molecular weight is 381 g/mol. The van der Waals surface area contributed by atoms with Crippen LogP contribution < -0.4 is 5.73 Å². The maximum atomic E-state index is 5.97. The van der Waals surface area contributed by atoms with Crippen molar-refractivity contribution in [1.29, 1.82) is 0 Å². The molecule has 2 rings (SSSR count). The van der Waals surface area contributed by atoms with Gasteiger partial charge in [0.1, 0.15) is 0 Å². The van der Waals surface area contributed by atoms with Gasteiger partial charge in [0.2, 0.25) is 0 Å². The quantitative estimate of drug-likeness (QED) is 0.874. The summed E-state index contributed by atoms with van der Waals surface area (Å²) in [5, 5.41) is 3.92. The van der Waals surface area contributed by atoms with E-state index in [0.717, 1.165) is 13.1 Å². The van der Waals surface area contributed by atoms with Gasteiger partial charge in [0.15, 0.2) is 5.82 Å². The molecule has 1 unspecified atom stereocenters. The summed E-state index contributed by atoms with van der Waals surface area (Å²) < 4.78 is 7.19. The van der Waals surface area contributed by atoms with E-state index in [1.165, 1.54) is 0 Å². The van der Waals surface area contributed by atoms with E-state index in [0.29, 0.717) is 11.7 Å². The normalized spacial score (nSPS) is 13.3. The van der Waals surface area contributed by atoms with Crippen molar-refractivity contribution in [3.05, 3.63) is 19.5 Å². The molecular formula is C10H11Br2N3OS. The zero-order valence-corrected chi connectivity index (χ0v) is 13.3. The van der Waals surface area contributed by atoms with Crippen molar-refractivity contribution in [1.82, 2.24) is 10.1 Å². The van der Waals surface area contributed by atoms with Crippen LogP contribution >= 0.6 is 43.2 Å². The van der Waals surface area contributed by atoms with Gasteiger partial charge in [-0.3, -0.25) is 0 Å². The lowest BCUT2D eigenvalue weighted by molar-refractivity contribution is 0.400. The summed E-state index contributed by atoms with van der Waals surface area (Å²) in [6.07, 6.45) is 0. The third kappa shape index (κ3) is 2.78. The Kier molecular flexibility index (Phi) is 4.02. The number of aromatic nitrogens is 2. The summed E-state index contributed by atoms with van der Waals surface area (Å²) in [7, 11) is 0. The number of nitrogens with two attached hydrogens (primary N) is 1. The van der Waals surface area contributed by atoms with Gasteiger partial charge in [-0.1, -0.05) is 19.0 Å². The van der Waals surface area contributed by atoms with Crippen molar-refractivity contribution >= 4 is 43.2 Å². The minimum atomic E-state index is -0.201. The Labute approximate surface area is 120 Å². The molecule has 0 aliphatic carbocycles. The molecule has 2 heterocycles. The van der Waals surface area contributed by atoms with Gasteiger partial charge in [0, 0.05) is 0 Å². The summed E-state index contributed by atoms with van der Waals surface area (Å²) in [5.74, 6) is 1.31. The first-order valence-corrected chi connectivity index (χ1v) is 7.43. The molecule has 0 amide bonds. The Bertz CT molecular complexity index is 523. The first-order valence-electron chi connectivity index (χ1n) is 5.03. The number of rotatable bonds is 3. The lowest BCUT2D eigenvalue weighted by atomic mass is 10.1. The van der Waals surface area contributed by atoms with Crippen LogP contribution in [-0.4, -0.2) is 10.1 Å². The molecule has 2 aromatic heterocycles. The number of nitrogens with zero attached hydrogens (tertiary/aromatic N) is 2. The van der Waals surface area contributed by atoms with E-state index in [4.69, 9.17) is 10.3 Å². The average Bonchev–Trinajstić information content (AvgIpc) is 2.83. The van der Waals surface area contributed by atoms with E-state index in [1.807, 2.05) is 19.9 Å². The van der Waals surface area contributed by atoms with Gasteiger partial charge in [0.05, 0.1) is 19.2 Å². The van der Waals surface area contributed by atoms with Gasteiger partial charge in [-0.15, -0.1) is 11.3 Å². The Hall–Kier alpha value is -0.240. The highest BCUT2D eigenvalue weighted by Gasteiger charge is 2.20. The van der Waals surface area contributed by atoms with Crippen LogP contribution in [0.5, 0.6) is 0 Å². The maximum absolute atomic E-state index is 5.97. The third-order valence-corrected chi connectivity index (χ3v) is 4.68. The van der Waals surface area contributed by atoms with Gasteiger partial charge in [-0.05, 0) is 43.8 Å². The molecule has 2 N–H and O–H groups in total. The van der Waals surface area contributed by atoms with E-state index in [1.54, 1.807) is 11.3 Å². The fraction of sp³-hybridized carbons (Fsp3) is 0.400. The Morgan fingerprint density at radius 3 is 2.65 bits per heavy atom. The van der Waals surface area contributed by atoms with E-state index >= 15 is 0 Å². The summed E-state index contributed by atoms with van der Waals surface area (Å²) >= 11 is 8.43. The van der Waals surface area contributed by atoms with Crippen LogP contribution in [0, 0.1) is 5.92 Å². The molecule has 7 heteroatoms. The summed E-state index contributed by atoms with van der Waals surface area (Å²) in [6, 6.07) is 1.74. The molecule has 0 bridgehead atoms. The smallest absolute Gasteiger partial charge is 0.260 e. The Morgan fingerprint density at radius 2 is 2.12 bits per heavy atom. The van der Waals surface area contributed by atoms with Crippen molar-refractivity contribution in [3.8, 4) is 11.5 Å². The predicted octanol–water partition coefficient (Wildman–Crippen LogP) is 3.98. The lowest BCUT2D eigenvalue weighted by Crippen LogP contribution is -2.18. The van der Waals surface area contributed by atoms with Crippen molar-refractivity contribution in [2.75, 3.05) is 0 Å². The molecule has 17 heavy (non-hydrogen) atoms. The highest BCUT2D eigenvalue weighted by Crippen LogP contribution is 2.38. The monoisotopic (exact) mass is 379 g/mol. The van der Waals surface area contributed by atoms with Crippen molar-refractivity contribution in [2.45, 2.75) is 19.9 Å². The highest BCUT2D eigenvalue weighted by molar-refractivity contribution is 9.12. The third-order valence-electron chi connectivity index (χ3n) is 2.35. The Morgan fingerprint density at radius 1 is 1.41 bits per heavy atom. The number of thiophene rings is 1. The molecule has 0 saturated heterocycles. The van der Waals surface area contributed by atoms with Gasteiger partial charge in [0.25, 0.3) is 5.89 Å². The molecular weight excluding hydrogens is 370 g/mol. The van der Waals surface area contributed by atoms with Gasteiger partial charge >= 0.3 is 0 Å². The van der Waals surface area contributed by atoms with Gasteiger partial charge in [-0.2, -0.15) is 4.98 Å². The number of hydrogen-bond donors (Lipinski definition) is 1. The second-order valence-electron chi connectivity index (χ2n) is 3.97. The zero-order chi connectivity index (χ0) is 12.6. The fourth-order valence-corrected chi connectivity index (χ4v) is 4.04. The second-order valence-corrected chi connectivity index (χ2v) is 7.71. The van der Waals surface area contributed by atoms with E-state index in [-0.39, 0.29) is 12.0 Å². The molecule has 4 nitrogen and oxygen atoms in total. The van der Waals surface area contributed by atoms with Crippen molar-refractivity contribution < 1.29 is 4.52 Å². The van der Waals surface area contributed by atoms with Crippen LogP contribution in [0.25, 0.3) is 11.5 Å². The molecule has 0 aliphatic heterocycles. The SMILES string of the molecule is CC(C)C(N)c1noc(-c2cc(Br)sc2Br)n1. The summed E-state index contributed by atoms with van der Waals surface area (Å²) in [4.78, 5) is 4.33. The minimum absolute atomic E-state index is 0.201. The van der Waals surface area contributed by atoms with E-state index in [2.05, 4.69) is 42.0 Å². The molecule has 0 radical (unpaired) electrons. The van der Waals surface area contributed by atoms with E-state index in [9.17, 15) is 0 Å². The van der Waals surface area contributed by atoms with Crippen molar-refractivity contribution in [3.63, 3.8) is 0 Å². The molecule has 0 fully saturated rings. The van der Waals surface area contributed by atoms with Crippen LogP contribution in [-0.2, 0) is 0 Å². The van der Waals surface area contributed by atoms with Crippen LogP contribution in [0.1, 0.15) is 25.7 Å². The van der Waals surface area contributed by atoms with Crippen LogP contribution in [0.2, 0.25) is 0 Å². The predicted molar refractivity (Wildman–Crippen MR) is 74.8 cm³/mol. The van der Waals surface area contributed by atoms with E-state index < -0.39 is 0 Å². The zero-order valence-electron chi connectivity index (χ0n) is 9.28.